The van der Waals surface area contributed by atoms with Crippen LogP contribution in [0.5, 0.6) is 0 Å². The largest absolute Gasteiger partial charge is 0.269 e. The highest BCUT2D eigenvalue weighted by Gasteiger charge is 2.24. The van der Waals surface area contributed by atoms with Crippen LogP contribution in [0.15, 0.2) is 24.3 Å². The Morgan fingerprint density at radius 1 is 1.29 bits per heavy atom. The summed E-state index contributed by atoms with van der Waals surface area (Å²) in [6, 6.07) is 6.33. The Kier molecular flexibility index (Phi) is 4.21. The summed E-state index contributed by atoms with van der Waals surface area (Å²) in [6.07, 6.45) is 0.609. The van der Waals surface area contributed by atoms with Gasteiger partial charge in [-0.05, 0) is 23.3 Å². The predicted octanol–water partition coefficient (Wildman–Crippen LogP) is 3.77. The van der Waals surface area contributed by atoms with Crippen molar-refractivity contribution < 1.29 is 9.31 Å². The Bertz CT molecular complexity index is 381. The highest BCUT2D eigenvalue weighted by atomic mass is 19.1. The molecule has 1 aromatic rings. The lowest BCUT2D eigenvalue weighted by Gasteiger charge is -2.28. The Morgan fingerprint density at radius 3 is 2.18 bits per heavy atom. The van der Waals surface area contributed by atoms with Crippen molar-refractivity contribution in [3.8, 4) is 0 Å². The van der Waals surface area contributed by atoms with Gasteiger partial charge in [-0.3, -0.25) is 14.5 Å². The van der Waals surface area contributed by atoms with Crippen molar-refractivity contribution in [1.29, 1.82) is 0 Å². The zero-order valence-corrected chi connectivity index (χ0v) is 10.4. The molecule has 0 radical (unpaired) electrons. The van der Waals surface area contributed by atoms with Crippen LogP contribution in [0.3, 0.4) is 0 Å². The molecule has 1 aromatic carbocycles. The van der Waals surface area contributed by atoms with Gasteiger partial charge in [-0.2, -0.15) is 0 Å². The number of non-ortho nitro benzene ring substituents is 1. The molecule has 94 valence electrons. The summed E-state index contributed by atoms with van der Waals surface area (Å²) in [5, 5.41) is 10.5. The summed E-state index contributed by atoms with van der Waals surface area (Å²) in [5.74, 6) is -0.0658. The molecule has 0 amide bonds. The highest BCUT2D eigenvalue weighted by molar-refractivity contribution is 5.33. The number of nitrogens with zero attached hydrogens (tertiary/aromatic N) is 1. The van der Waals surface area contributed by atoms with E-state index in [1.165, 1.54) is 12.1 Å². The molecule has 0 spiro atoms. The monoisotopic (exact) mass is 239 g/mol. The quantitative estimate of drug-likeness (QED) is 0.593. The standard InChI is InChI=1S/C13H18FNO2/c1-13(2,3)11(9-14)8-10-4-6-12(7-5-10)15(16)17/h4-7,11H,8-9H2,1-3H3/t11-/m0/s1. The van der Waals surface area contributed by atoms with Gasteiger partial charge in [-0.15, -0.1) is 0 Å². The van der Waals surface area contributed by atoms with Crippen LogP contribution in [-0.4, -0.2) is 11.6 Å². The fourth-order valence-electron chi connectivity index (χ4n) is 1.63. The first-order valence-electron chi connectivity index (χ1n) is 5.64. The minimum absolute atomic E-state index is 0.0658. The van der Waals surface area contributed by atoms with Gasteiger partial charge >= 0.3 is 0 Å². The van der Waals surface area contributed by atoms with Crippen LogP contribution in [0, 0.1) is 21.4 Å². The molecular formula is C13H18FNO2. The van der Waals surface area contributed by atoms with Crippen molar-refractivity contribution >= 4 is 5.69 Å². The second kappa shape index (κ2) is 5.25. The first-order valence-corrected chi connectivity index (χ1v) is 5.64. The average molecular weight is 239 g/mol. The number of halogens is 1. The second-order valence-electron chi connectivity index (χ2n) is 5.34. The van der Waals surface area contributed by atoms with Gasteiger partial charge in [0.05, 0.1) is 11.6 Å². The molecule has 0 unspecified atom stereocenters. The summed E-state index contributed by atoms with van der Waals surface area (Å²) in [4.78, 5) is 10.1. The third kappa shape index (κ3) is 3.80. The molecule has 4 heteroatoms. The van der Waals surface area contributed by atoms with Gasteiger partial charge in [0.25, 0.3) is 5.69 Å². The fraction of sp³-hybridized carbons (Fsp3) is 0.538. The van der Waals surface area contributed by atoms with Gasteiger partial charge in [0, 0.05) is 12.1 Å². The number of alkyl halides is 1. The lowest BCUT2D eigenvalue weighted by molar-refractivity contribution is -0.384. The molecule has 0 heterocycles. The van der Waals surface area contributed by atoms with E-state index in [1.54, 1.807) is 12.1 Å². The van der Waals surface area contributed by atoms with E-state index < -0.39 is 4.92 Å². The third-order valence-corrected chi connectivity index (χ3v) is 3.04. The molecule has 0 aliphatic carbocycles. The van der Waals surface area contributed by atoms with E-state index in [1.807, 2.05) is 20.8 Å². The van der Waals surface area contributed by atoms with E-state index in [4.69, 9.17) is 0 Å². The summed E-state index contributed by atoms with van der Waals surface area (Å²) < 4.78 is 12.9. The van der Waals surface area contributed by atoms with E-state index >= 15 is 0 Å². The Morgan fingerprint density at radius 2 is 1.82 bits per heavy atom. The Balaban J connectivity index is 2.78. The van der Waals surface area contributed by atoms with Crippen molar-refractivity contribution in [2.24, 2.45) is 11.3 Å². The van der Waals surface area contributed by atoms with E-state index in [0.717, 1.165) is 5.56 Å². The first-order chi connectivity index (χ1) is 7.84. The predicted molar refractivity (Wildman–Crippen MR) is 65.7 cm³/mol. The minimum Gasteiger partial charge on any atom is -0.258 e. The van der Waals surface area contributed by atoms with Crippen LogP contribution < -0.4 is 0 Å². The molecule has 1 rings (SSSR count). The maximum atomic E-state index is 12.9. The van der Waals surface area contributed by atoms with Gasteiger partial charge in [0.1, 0.15) is 0 Å². The average Bonchev–Trinajstić information content (AvgIpc) is 2.24. The Labute approximate surface area is 101 Å². The summed E-state index contributed by atoms with van der Waals surface area (Å²) >= 11 is 0. The molecule has 0 aromatic heterocycles. The molecule has 0 bridgehead atoms. The second-order valence-corrected chi connectivity index (χ2v) is 5.34. The molecule has 3 nitrogen and oxygen atoms in total. The SMILES string of the molecule is CC(C)(C)[C@H](CF)Cc1ccc([N+](=O)[O-])cc1. The highest BCUT2D eigenvalue weighted by Crippen LogP contribution is 2.29. The van der Waals surface area contributed by atoms with Gasteiger partial charge < -0.3 is 0 Å². The lowest BCUT2D eigenvalue weighted by Crippen LogP contribution is -2.24. The molecule has 0 saturated carbocycles. The maximum Gasteiger partial charge on any atom is 0.269 e. The summed E-state index contributed by atoms with van der Waals surface area (Å²) in [6.45, 7) is 5.63. The summed E-state index contributed by atoms with van der Waals surface area (Å²) in [5.41, 5.74) is 0.908. The van der Waals surface area contributed by atoms with E-state index in [9.17, 15) is 14.5 Å². The van der Waals surface area contributed by atoms with Crippen molar-refractivity contribution in [3.05, 3.63) is 39.9 Å². The van der Waals surface area contributed by atoms with Crippen molar-refractivity contribution in [3.63, 3.8) is 0 Å². The number of nitro benzene ring substituents is 1. The third-order valence-electron chi connectivity index (χ3n) is 3.04. The topological polar surface area (TPSA) is 43.1 Å². The van der Waals surface area contributed by atoms with Gasteiger partial charge in [-0.1, -0.05) is 32.9 Å². The lowest BCUT2D eigenvalue weighted by atomic mass is 9.78. The van der Waals surface area contributed by atoms with E-state index in [0.29, 0.717) is 6.42 Å². The van der Waals surface area contributed by atoms with Crippen molar-refractivity contribution in [2.75, 3.05) is 6.67 Å². The van der Waals surface area contributed by atoms with Gasteiger partial charge in [0.15, 0.2) is 0 Å². The smallest absolute Gasteiger partial charge is 0.258 e. The van der Waals surface area contributed by atoms with Crippen molar-refractivity contribution in [2.45, 2.75) is 27.2 Å². The van der Waals surface area contributed by atoms with Gasteiger partial charge in [0.2, 0.25) is 0 Å². The number of benzene rings is 1. The first kappa shape index (κ1) is 13.6. The summed E-state index contributed by atoms with van der Waals surface area (Å²) in [7, 11) is 0. The molecule has 0 fully saturated rings. The molecule has 0 aliphatic rings. The zero-order chi connectivity index (χ0) is 13.1. The molecule has 1 atom stereocenters. The fourth-order valence-corrected chi connectivity index (χ4v) is 1.63. The van der Waals surface area contributed by atoms with Crippen LogP contribution in [0.25, 0.3) is 0 Å². The molecular weight excluding hydrogens is 221 g/mol. The van der Waals surface area contributed by atoms with Crippen LogP contribution >= 0.6 is 0 Å². The number of nitro groups is 1. The maximum absolute atomic E-state index is 12.9. The number of hydrogen-bond acceptors (Lipinski definition) is 2. The zero-order valence-electron chi connectivity index (χ0n) is 10.4. The molecule has 0 N–H and O–H groups in total. The van der Waals surface area contributed by atoms with E-state index in [-0.39, 0.29) is 23.7 Å². The molecule has 0 aliphatic heterocycles. The van der Waals surface area contributed by atoms with Crippen LogP contribution in [0.2, 0.25) is 0 Å². The van der Waals surface area contributed by atoms with Crippen LogP contribution in [-0.2, 0) is 6.42 Å². The number of rotatable bonds is 4. The van der Waals surface area contributed by atoms with Crippen LogP contribution in [0.4, 0.5) is 10.1 Å². The van der Waals surface area contributed by atoms with Crippen LogP contribution in [0.1, 0.15) is 26.3 Å². The normalized spacial score (nSPS) is 13.4. The Hall–Kier alpha value is -1.45. The van der Waals surface area contributed by atoms with E-state index in [2.05, 4.69) is 0 Å². The molecule has 17 heavy (non-hydrogen) atoms. The van der Waals surface area contributed by atoms with Gasteiger partial charge in [-0.25, -0.2) is 0 Å². The van der Waals surface area contributed by atoms with Crippen molar-refractivity contribution in [1.82, 2.24) is 0 Å². The minimum atomic E-state index is -0.430. The number of hydrogen-bond donors (Lipinski definition) is 0. The molecule has 0 saturated heterocycles.